The van der Waals surface area contributed by atoms with Crippen molar-refractivity contribution in [3.63, 3.8) is 0 Å². The summed E-state index contributed by atoms with van der Waals surface area (Å²) in [4.78, 5) is 24.3. The predicted octanol–water partition coefficient (Wildman–Crippen LogP) is 3.19. The molecule has 1 aliphatic heterocycles. The van der Waals surface area contributed by atoms with Crippen LogP contribution in [0.25, 0.3) is 0 Å². The zero-order valence-electron chi connectivity index (χ0n) is 19.2. The molecule has 0 saturated carbocycles. The molecule has 0 unspecified atom stereocenters. The van der Waals surface area contributed by atoms with Crippen molar-refractivity contribution < 1.29 is 22.4 Å². The van der Waals surface area contributed by atoms with Gasteiger partial charge in [0.15, 0.2) is 0 Å². The van der Waals surface area contributed by atoms with Gasteiger partial charge in [-0.1, -0.05) is 18.1 Å². The minimum Gasteiger partial charge on any atom is -0.348 e. The second-order valence-electron chi connectivity index (χ2n) is 8.83. The van der Waals surface area contributed by atoms with Crippen molar-refractivity contribution in [3.05, 3.63) is 41.2 Å². The fourth-order valence-corrected chi connectivity index (χ4v) is 6.28. The first-order valence-corrected chi connectivity index (χ1v) is 13.2. The number of nitrogens with one attached hydrogen (secondary N) is 2. The molecule has 1 aromatic carbocycles. The number of aryl methyl sites for hydroxylation is 1. The summed E-state index contributed by atoms with van der Waals surface area (Å²) >= 11 is 0. The minimum absolute atomic E-state index is 0.0739. The lowest BCUT2D eigenvalue weighted by Gasteiger charge is -2.34. The van der Waals surface area contributed by atoms with Gasteiger partial charge in [-0.25, -0.2) is 12.8 Å². The van der Waals surface area contributed by atoms with Gasteiger partial charge in [-0.05, 0) is 82.1 Å². The smallest absolute Gasteiger partial charge is 0.309 e. The molecular formula is C24H34FN3O4S. The van der Waals surface area contributed by atoms with E-state index in [-0.39, 0.29) is 23.0 Å². The van der Waals surface area contributed by atoms with Crippen molar-refractivity contribution in [2.45, 2.75) is 75.6 Å². The molecule has 2 amide bonds. The Morgan fingerprint density at radius 1 is 1.09 bits per heavy atom. The molecule has 1 fully saturated rings. The summed E-state index contributed by atoms with van der Waals surface area (Å²) in [5, 5.41) is 5.26. The Hall–Kier alpha value is -2.26. The normalized spacial score (nSPS) is 19.6. The third-order valence-electron chi connectivity index (χ3n) is 6.40. The number of hydrogen-bond donors (Lipinski definition) is 2. The van der Waals surface area contributed by atoms with Gasteiger partial charge in [-0.2, -0.15) is 4.31 Å². The van der Waals surface area contributed by atoms with Gasteiger partial charge in [-0.3, -0.25) is 9.59 Å². The fourth-order valence-electron chi connectivity index (χ4n) is 4.47. The van der Waals surface area contributed by atoms with Crippen molar-refractivity contribution in [2.24, 2.45) is 0 Å². The number of allylic oxidation sites excluding steroid dienone is 1. The number of nitrogens with zero attached hydrogens (tertiary/aromatic N) is 1. The van der Waals surface area contributed by atoms with E-state index in [1.807, 2.05) is 0 Å². The van der Waals surface area contributed by atoms with Crippen LogP contribution in [-0.2, 0) is 19.6 Å². The summed E-state index contributed by atoms with van der Waals surface area (Å²) in [6.45, 7) is 2.56. The molecule has 9 heteroatoms. The number of amides is 2. The second kappa shape index (κ2) is 11.7. The highest BCUT2D eigenvalue weighted by molar-refractivity contribution is 7.89. The topological polar surface area (TPSA) is 95.6 Å². The van der Waals surface area contributed by atoms with Gasteiger partial charge < -0.3 is 10.6 Å². The molecule has 7 nitrogen and oxygen atoms in total. The number of piperidine rings is 1. The van der Waals surface area contributed by atoms with Gasteiger partial charge in [0, 0.05) is 25.7 Å². The molecule has 0 radical (unpaired) electrons. The van der Waals surface area contributed by atoms with Crippen LogP contribution in [-0.4, -0.2) is 50.2 Å². The summed E-state index contributed by atoms with van der Waals surface area (Å²) in [5.74, 6) is -1.81. The molecule has 33 heavy (non-hydrogen) atoms. The summed E-state index contributed by atoms with van der Waals surface area (Å²) < 4.78 is 41.4. The zero-order valence-corrected chi connectivity index (χ0v) is 20.1. The maximum atomic E-state index is 13.6. The molecule has 0 bridgehead atoms. The van der Waals surface area contributed by atoms with Gasteiger partial charge in [-0.15, -0.1) is 0 Å². The van der Waals surface area contributed by atoms with E-state index >= 15 is 0 Å². The standard InChI is InChI=1S/C24H34FN3O4S/c1-18-17-21(10-11-22(18)25)33(31,32)28-16-6-5-9-20(28)13-15-27-24(30)23(29)26-14-12-19-7-3-2-4-8-19/h7,10-11,17,20H,2-6,8-9,12-16H2,1H3,(H,26,29)(H,27,30)/t20-/m0/s1. The fraction of sp³-hybridized carbons (Fsp3) is 0.583. The van der Waals surface area contributed by atoms with Crippen LogP contribution < -0.4 is 10.6 Å². The number of rotatable bonds is 8. The molecule has 182 valence electrons. The minimum atomic E-state index is -3.77. The highest BCUT2D eigenvalue weighted by atomic mass is 32.2. The molecular weight excluding hydrogens is 445 g/mol. The van der Waals surface area contributed by atoms with Crippen molar-refractivity contribution in [1.29, 1.82) is 0 Å². The summed E-state index contributed by atoms with van der Waals surface area (Å²) in [5.41, 5.74) is 1.61. The van der Waals surface area contributed by atoms with Crippen molar-refractivity contribution in [2.75, 3.05) is 19.6 Å². The monoisotopic (exact) mass is 479 g/mol. The molecule has 1 atom stereocenters. The van der Waals surface area contributed by atoms with E-state index in [0.29, 0.717) is 25.9 Å². The SMILES string of the molecule is Cc1cc(S(=O)(=O)N2CCCC[C@H]2CCNC(=O)C(=O)NCCC2=CCCCC2)ccc1F. The van der Waals surface area contributed by atoms with Crippen LogP contribution in [0.15, 0.2) is 34.7 Å². The summed E-state index contributed by atoms with van der Waals surface area (Å²) in [6.07, 6.45) is 10.2. The average Bonchev–Trinajstić information content (AvgIpc) is 2.81. The number of hydrogen-bond acceptors (Lipinski definition) is 4. The average molecular weight is 480 g/mol. The highest BCUT2D eigenvalue weighted by Crippen LogP contribution is 2.27. The lowest BCUT2D eigenvalue weighted by molar-refractivity contribution is -0.139. The Bertz CT molecular complexity index is 993. The van der Waals surface area contributed by atoms with E-state index in [1.165, 1.54) is 47.8 Å². The molecule has 0 aromatic heterocycles. The van der Waals surface area contributed by atoms with Crippen LogP contribution in [0, 0.1) is 12.7 Å². The van der Waals surface area contributed by atoms with Crippen LogP contribution in [0.2, 0.25) is 0 Å². The number of carbonyl (C=O) groups excluding carboxylic acids is 2. The Balaban J connectivity index is 1.49. The van der Waals surface area contributed by atoms with E-state index in [1.54, 1.807) is 0 Å². The Labute approximate surface area is 195 Å². The van der Waals surface area contributed by atoms with Gasteiger partial charge in [0.05, 0.1) is 4.90 Å². The predicted molar refractivity (Wildman–Crippen MR) is 124 cm³/mol. The Morgan fingerprint density at radius 2 is 1.85 bits per heavy atom. The largest absolute Gasteiger partial charge is 0.348 e. The lowest BCUT2D eigenvalue weighted by atomic mass is 9.97. The van der Waals surface area contributed by atoms with Gasteiger partial charge in [0.2, 0.25) is 10.0 Å². The van der Waals surface area contributed by atoms with Crippen LogP contribution in [0.1, 0.15) is 63.4 Å². The van der Waals surface area contributed by atoms with E-state index in [9.17, 15) is 22.4 Å². The molecule has 2 N–H and O–H groups in total. The summed E-state index contributed by atoms with van der Waals surface area (Å²) in [7, 11) is -3.77. The number of halogens is 1. The molecule has 1 saturated heterocycles. The van der Waals surface area contributed by atoms with Crippen LogP contribution in [0.4, 0.5) is 4.39 Å². The van der Waals surface area contributed by atoms with Gasteiger partial charge in [0.25, 0.3) is 0 Å². The molecule has 1 heterocycles. The third-order valence-corrected chi connectivity index (χ3v) is 8.34. The molecule has 3 rings (SSSR count). The van der Waals surface area contributed by atoms with Crippen LogP contribution in [0.5, 0.6) is 0 Å². The number of carbonyl (C=O) groups is 2. The maximum absolute atomic E-state index is 13.6. The lowest BCUT2D eigenvalue weighted by Crippen LogP contribution is -2.46. The molecule has 1 aromatic rings. The van der Waals surface area contributed by atoms with E-state index in [4.69, 9.17) is 0 Å². The van der Waals surface area contributed by atoms with Crippen molar-refractivity contribution in [3.8, 4) is 0 Å². The molecule has 2 aliphatic rings. The quantitative estimate of drug-likeness (QED) is 0.442. The van der Waals surface area contributed by atoms with Crippen molar-refractivity contribution in [1.82, 2.24) is 14.9 Å². The Kier molecular flexibility index (Phi) is 9.02. The van der Waals surface area contributed by atoms with Gasteiger partial charge in [0.1, 0.15) is 5.82 Å². The van der Waals surface area contributed by atoms with Crippen LogP contribution in [0.3, 0.4) is 0 Å². The zero-order chi connectivity index (χ0) is 23.8. The molecule has 1 aliphatic carbocycles. The number of sulfonamides is 1. The van der Waals surface area contributed by atoms with E-state index < -0.39 is 27.7 Å². The highest BCUT2D eigenvalue weighted by Gasteiger charge is 2.33. The van der Waals surface area contributed by atoms with Crippen LogP contribution >= 0.6 is 0 Å². The number of benzene rings is 1. The second-order valence-corrected chi connectivity index (χ2v) is 10.7. The Morgan fingerprint density at radius 3 is 2.55 bits per heavy atom. The first-order chi connectivity index (χ1) is 15.8. The molecule has 0 spiro atoms. The maximum Gasteiger partial charge on any atom is 0.309 e. The summed E-state index contributed by atoms with van der Waals surface area (Å²) in [6, 6.07) is 3.53. The first kappa shape index (κ1) is 25.4. The van der Waals surface area contributed by atoms with Crippen molar-refractivity contribution >= 4 is 21.8 Å². The third kappa shape index (κ3) is 6.86. The van der Waals surface area contributed by atoms with E-state index in [2.05, 4.69) is 16.7 Å². The van der Waals surface area contributed by atoms with Gasteiger partial charge >= 0.3 is 11.8 Å². The van der Waals surface area contributed by atoms with E-state index in [0.717, 1.165) is 32.1 Å². The first-order valence-electron chi connectivity index (χ1n) is 11.8.